The van der Waals surface area contributed by atoms with Gasteiger partial charge >= 0.3 is 10.1 Å². The van der Waals surface area contributed by atoms with Crippen LogP contribution in [0.1, 0.15) is 27.7 Å². The van der Waals surface area contributed by atoms with Crippen molar-refractivity contribution in [2.24, 2.45) is 0 Å². The number of ether oxygens (including phenoxy) is 1. The minimum Gasteiger partial charge on any atom is -0.488 e. The van der Waals surface area contributed by atoms with Crippen LogP contribution in [0.25, 0.3) is 0 Å². The highest BCUT2D eigenvalue weighted by Gasteiger charge is 2.42. The van der Waals surface area contributed by atoms with Gasteiger partial charge in [-0.1, -0.05) is 36.4 Å². The largest absolute Gasteiger partial charge is 0.488 e. The Hall–Kier alpha value is -2.28. The van der Waals surface area contributed by atoms with Gasteiger partial charge in [0.15, 0.2) is 0 Å². The van der Waals surface area contributed by atoms with Crippen molar-refractivity contribution in [3.8, 4) is 5.75 Å². The van der Waals surface area contributed by atoms with Gasteiger partial charge in [0.1, 0.15) is 17.1 Å². The molecule has 3 rings (SSSR count). The van der Waals surface area contributed by atoms with Crippen molar-refractivity contribution >= 4 is 20.4 Å². The SMILES string of the molecule is CCS(=O)(=O)[OH+]S(c1ccccc1)(c1ccccc1)c1ccc(OC(C)(C)C)cc1. The van der Waals surface area contributed by atoms with E-state index in [9.17, 15) is 8.42 Å². The van der Waals surface area contributed by atoms with E-state index in [1.54, 1.807) is 6.92 Å². The highest BCUT2D eigenvalue weighted by atomic mass is 32.3. The highest BCUT2D eigenvalue weighted by molar-refractivity contribution is 8.32. The van der Waals surface area contributed by atoms with Gasteiger partial charge in [-0.05, 0) is 76.2 Å². The first kappa shape index (κ1) is 22.4. The molecule has 30 heavy (non-hydrogen) atoms. The zero-order chi connectivity index (χ0) is 21.8. The topological polar surface area (TPSA) is 56.2 Å². The quantitative estimate of drug-likeness (QED) is 0.308. The third-order valence-corrected chi connectivity index (χ3v) is 9.74. The summed E-state index contributed by atoms with van der Waals surface area (Å²) in [6, 6.07) is 27.0. The van der Waals surface area contributed by atoms with Crippen molar-refractivity contribution in [1.29, 1.82) is 0 Å². The van der Waals surface area contributed by atoms with Gasteiger partial charge in [0.05, 0.1) is 25.0 Å². The Morgan fingerprint density at radius 1 is 0.733 bits per heavy atom. The van der Waals surface area contributed by atoms with Crippen LogP contribution in [-0.2, 0) is 10.1 Å². The Bertz CT molecular complexity index is 1020. The zero-order valence-electron chi connectivity index (χ0n) is 17.8. The van der Waals surface area contributed by atoms with Crippen LogP contribution in [0.5, 0.6) is 5.75 Å². The molecule has 0 fully saturated rings. The number of benzene rings is 3. The predicted octanol–water partition coefficient (Wildman–Crippen LogP) is 6.50. The molecule has 4 nitrogen and oxygen atoms in total. The van der Waals surface area contributed by atoms with E-state index in [0.717, 1.165) is 20.4 Å². The fraction of sp³-hybridized carbons (Fsp3) is 0.250. The lowest BCUT2D eigenvalue weighted by molar-refractivity contribution is 0.131. The number of rotatable bonds is 7. The summed E-state index contributed by atoms with van der Waals surface area (Å²) in [6.45, 7) is 7.61. The summed E-state index contributed by atoms with van der Waals surface area (Å²) in [5.41, 5.74) is -0.319. The Labute approximate surface area is 181 Å². The Balaban J connectivity index is 2.25. The summed E-state index contributed by atoms with van der Waals surface area (Å²) in [5.74, 6) is 0.686. The molecule has 0 amide bonds. The molecule has 0 aromatic heterocycles. The smallest absolute Gasteiger partial charge is 0.390 e. The molecular weight excluding hydrogens is 416 g/mol. The molecule has 1 N–H and O–H groups in total. The fourth-order valence-corrected chi connectivity index (χ4v) is 8.32. The van der Waals surface area contributed by atoms with E-state index in [4.69, 9.17) is 4.74 Å². The molecule has 0 bridgehead atoms. The molecule has 3 aromatic rings. The van der Waals surface area contributed by atoms with Crippen LogP contribution < -0.4 is 4.74 Å². The van der Waals surface area contributed by atoms with Gasteiger partial charge in [0.2, 0.25) is 0 Å². The normalized spacial score (nSPS) is 13.1. The van der Waals surface area contributed by atoms with Crippen LogP contribution in [0.4, 0.5) is 0 Å². The Morgan fingerprint density at radius 3 is 1.57 bits per heavy atom. The second kappa shape index (κ2) is 8.84. The van der Waals surface area contributed by atoms with Gasteiger partial charge < -0.3 is 4.74 Å². The standard InChI is InChI=1S/C24H28O4S2/c1-5-29(25,26)28-30(21-12-8-6-9-13-21,22-14-10-7-11-15-22)23-18-16-20(17-19-23)27-24(2,3)4/h6-19H,5H2,1-4H3/p+1. The van der Waals surface area contributed by atoms with Crippen LogP contribution in [0.3, 0.4) is 0 Å². The van der Waals surface area contributed by atoms with E-state index in [1.807, 2.05) is 106 Å². The molecule has 0 saturated carbocycles. The van der Waals surface area contributed by atoms with Crippen molar-refractivity contribution in [3.05, 3.63) is 84.9 Å². The fourth-order valence-electron chi connectivity index (χ4n) is 3.05. The maximum absolute atomic E-state index is 12.8. The van der Waals surface area contributed by atoms with Crippen molar-refractivity contribution in [2.45, 2.75) is 48.0 Å². The summed E-state index contributed by atoms with van der Waals surface area (Å²) in [4.78, 5) is 2.59. The van der Waals surface area contributed by atoms with E-state index < -0.39 is 20.4 Å². The molecule has 0 spiro atoms. The zero-order valence-corrected chi connectivity index (χ0v) is 19.4. The molecule has 0 aliphatic rings. The van der Waals surface area contributed by atoms with E-state index in [1.165, 1.54) is 0 Å². The van der Waals surface area contributed by atoms with Crippen LogP contribution >= 0.6 is 10.3 Å². The lowest BCUT2D eigenvalue weighted by atomic mass is 10.2. The molecule has 0 aliphatic heterocycles. The lowest BCUT2D eigenvalue weighted by Gasteiger charge is -2.35. The third-order valence-electron chi connectivity index (χ3n) is 4.35. The van der Waals surface area contributed by atoms with Crippen molar-refractivity contribution in [2.75, 3.05) is 5.75 Å². The Morgan fingerprint density at radius 2 is 1.17 bits per heavy atom. The average Bonchev–Trinajstić information content (AvgIpc) is 2.73. The second-order valence-electron chi connectivity index (χ2n) is 7.84. The predicted molar refractivity (Wildman–Crippen MR) is 124 cm³/mol. The molecule has 0 atom stereocenters. The van der Waals surface area contributed by atoms with Crippen LogP contribution in [0.2, 0.25) is 0 Å². The summed E-state index contributed by atoms with van der Waals surface area (Å²) >= 11 is 0. The first-order valence-electron chi connectivity index (χ1n) is 9.86. The molecule has 0 unspecified atom stereocenters. The van der Waals surface area contributed by atoms with E-state index in [-0.39, 0.29) is 11.4 Å². The summed E-state index contributed by atoms with van der Waals surface area (Å²) < 4.78 is 36.2. The van der Waals surface area contributed by atoms with Gasteiger partial charge in [-0.3, -0.25) is 3.63 Å². The van der Waals surface area contributed by atoms with E-state index in [2.05, 4.69) is 3.63 Å². The summed E-state index contributed by atoms with van der Waals surface area (Å²) in [5, 5.41) is 0. The van der Waals surface area contributed by atoms with Crippen molar-refractivity contribution in [1.82, 2.24) is 0 Å². The minimum absolute atomic E-state index is 0.0490. The second-order valence-corrected chi connectivity index (χ2v) is 12.7. The molecular formula is C24H29O4S2+. The molecule has 160 valence electrons. The average molecular weight is 446 g/mol. The maximum Gasteiger partial charge on any atom is 0.390 e. The van der Waals surface area contributed by atoms with E-state index >= 15 is 0 Å². The molecule has 3 aromatic carbocycles. The minimum atomic E-state index is -3.63. The lowest BCUT2D eigenvalue weighted by Crippen LogP contribution is -2.23. The van der Waals surface area contributed by atoms with Crippen molar-refractivity contribution < 1.29 is 16.8 Å². The molecule has 0 saturated heterocycles. The number of hydrogen-bond acceptors (Lipinski definition) is 3. The number of hydrogen-bond donors (Lipinski definition) is 0. The maximum atomic E-state index is 12.8. The van der Waals surface area contributed by atoms with Gasteiger partial charge in [0.25, 0.3) is 0 Å². The van der Waals surface area contributed by atoms with Crippen LogP contribution in [0, 0.1) is 0 Å². The Kier molecular flexibility index (Phi) is 6.60. The molecule has 0 radical (unpaired) electrons. The van der Waals surface area contributed by atoms with E-state index in [0.29, 0.717) is 0 Å². The van der Waals surface area contributed by atoms with Gasteiger partial charge in [-0.25, -0.2) is 0 Å². The molecule has 0 aliphatic carbocycles. The summed E-state index contributed by atoms with van der Waals surface area (Å²) in [6.07, 6.45) is 0. The third kappa shape index (κ3) is 5.06. The van der Waals surface area contributed by atoms with Crippen LogP contribution in [0.15, 0.2) is 99.6 Å². The highest BCUT2D eigenvalue weighted by Crippen LogP contribution is 2.68. The summed E-state index contributed by atoms with van der Waals surface area (Å²) in [7, 11) is -6.01. The van der Waals surface area contributed by atoms with Crippen LogP contribution in [-0.4, -0.2) is 23.4 Å². The van der Waals surface area contributed by atoms with Gasteiger partial charge in [-0.15, -0.1) is 0 Å². The molecule has 0 heterocycles. The van der Waals surface area contributed by atoms with Gasteiger partial charge in [-0.2, -0.15) is 8.42 Å². The van der Waals surface area contributed by atoms with Crippen molar-refractivity contribution in [3.63, 3.8) is 0 Å². The first-order valence-corrected chi connectivity index (χ1v) is 13.1. The molecule has 6 heteroatoms. The first-order chi connectivity index (χ1) is 14.2. The van der Waals surface area contributed by atoms with Gasteiger partial charge in [0, 0.05) is 0 Å². The monoisotopic (exact) mass is 445 g/mol.